The van der Waals surface area contributed by atoms with Crippen LogP contribution in [0.25, 0.3) is 10.6 Å². The maximum Gasteiger partial charge on any atom is 0.107 e. The molecule has 2 N–H and O–H groups in total. The zero-order chi connectivity index (χ0) is 14.4. The van der Waals surface area contributed by atoms with Crippen molar-refractivity contribution in [3.05, 3.63) is 29.3 Å². The van der Waals surface area contributed by atoms with E-state index in [1.54, 1.807) is 18.4 Å². The smallest absolute Gasteiger partial charge is 0.107 e. The van der Waals surface area contributed by atoms with E-state index in [0.717, 1.165) is 18.8 Å². The summed E-state index contributed by atoms with van der Waals surface area (Å²) in [6.45, 7) is 1.89. The highest BCUT2D eigenvalue weighted by Gasteiger charge is 2.11. The Morgan fingerprint density at radius 3 is 3.10 bits per heavy atom. The second-order valence-corrected chi connectivity index (χ2v) is 5.68. The van der Waals surface area contributed by atoms with E-state index in [1.807, 2.05) is 24.0 Å². The molecule has 0 aliphatic carbocycles. The fourth-order valence-electron chi connectivity index (χ4n) is 2.06. The summed E-state index contributed by atoms with van der Waals surface area (Å²) in [5.41, 5.74) is 2.21. The highest BCUT2D eigenvalue weighted by Crippen LogP contribution is 2.26. The predicted molar refractivity (Wildman–Crippen MR) is 80.7 cm³/mol. The Morgan fingerprint density at radius 1 is 1.55 bits per heavy atom. The first kappa shape index (κ1) is 15.2. The van der Waals surface area contributed by atoms with Gasteiger partial charge in [0.1, 0.15) is 5.69 Å². The van der Waals surface area contributed by atoms with Crippen LogP contribution in [-0.2, 0) is 18.3 Å². The summed E-state index contributed by atoms with van der Waals surface area (Å²) < 4.78 is 6.74. The van der Waals surface area contributed by atoms with Crippen LogP contribution >= 0.6 is 11.3 Å². The lowest BCUT2D eigenvalue weighted by atomic mass is 10.2. The van der Waals surface area contributed by atoms with Gasteiger partial charge in [-0.2, -0.15) is 5.10 Å². The van der Waals surface area contributed by atoms with Crippen molar-refractivity contribution >= 4 is 11.3 Å². The molecule has 0 aromatic carbocycles. The third-order valence-corrected chi connectivity index (χ3v) is 3.86. The quantitative estimate of drug-likeness (QED) is 0.727. The third-order valence-electron chi connectivity index (χ3n) is 2.99. The summed E-state index contributed by atoms with van der Waals surface area (Å²) in [4.78, 5) is 1.18. The van der Waals surface area contributed by atoms with Crippen molar-refractivity contribution in [2.45, 2.75) is 19.1 Å². The molecule has 0 spiro atoms. The van der Waals surface area contributed by atoms with E-state index in [0.29, 0.717) is 13.0 Å². The number of hydrogen-bond donors (Lipinski definition) is 2. The van der Waals surface area contributed by atoms with E-state index >= 15 is 0 Å². The average Bonchev–Trinajstić information content (AvgIpc) is 3.04. The van der Waals surface area contributed by atoms with Gasteiger partial charge in [0.15, 0.2) is 0 Å². The average molecular weight is 295 g/mol. The van der Waals surface area contributed by atoms with Crippen LogP contribution in [0.5, 0.6) is 0 Å². The summed E-state index contributed by atoms with van der Waals surface area (Å²) >= 11 is 1.69. The predicted octanol–water partition coefficient (Wildman–Crippen LogP) is 1.64. The fourth-order valence-corrected chi connectivity index (χ4v) is 2.80. The van der Waals surface area contributed by atoms with Crippen molar-refractivity contribution in [1.29, 1.82) is 0 Å². The lowest BCUT2D eigenvalue weighted by molar-refractivity contribution is 0.0594. The SMILES string of the molecule is COCC(O)CCNCc1cn(C)nc1-c1cccs1. The number of nitrogens with zero attached hydrogens (tertiary/aromatic N) is 2. The van der Waals surface area contributed by atoms with Gasteiger partial charge in [-0.25, -0.2) is 0 Å². The number of hydrogen-bond acceptors (Lipinski definition) is 5. The van der Waals surface area contributed by atoms with Gasteiger partial charge >= 0.3 is 0 Å². The van der Waals surface area contributed by atoms with Crippen LogP contribution in [0, 0.1) is 0 Å². The fraction of sp³-hybridized carbons (Fsp3) is 0.500. The van der Waals surface area contributed by atoms with Crippen LogP contribution in [0.3, 0.4) is 0 Å². The number of methoxy groups -OCH3 is 1. The minimum atomic E-state index is -0.404. The van der Waals surface area contributed by atoms with Crippen LogP contribution < -0.4 is 5.32 Å². The molecule has 0 aliphatic rings. The van der Waals surface area contributed by atoms with Crippen molar-refractivity contribution in [3.63, 3.8) is 0 Å². The molecule has 0 amide bonds. The Bertz CT molecular complexity index is 510. The Hall–Kier alpha value is -1.21. The second-order valence-electron chi connectivity index (χ2n) is 4.73. The van der Waals surface area contributed by atoms with Crippen LogP contribution in [0.4, 0.5) is 0 Å². The first-order valence-electron chi connectivity index (χ1n) is 6.65. The summed E-state index contributed by atoms with van der Waals surface area (Å²) in [6.07, 6.45) is 2.31. The highest BCUT2D eigenvalue weighted by molar-refractivity contribution is 7.13. The molecule has 0 bridgehead atoms. The van der Waals surface area contributed by atoms with E-state index in [2.05, 4.69) is 21.9 Å². The lowest BCUT2D eigenvalue weighted by Crippen LogP contribution is -2.23. The number of ether oxygens (including phenoxy) is 1. The van der Waals surface area contributed by atoms with Crippen molar-refractivity contribution in [3.8, 4) is 10.6 Å². The van der Waals surface area contributed by atoms with Crippen LogP contribution in [-0.4, -0.2) is 41.3 Å². The molecular formula is C14H21N3O2S. The molecule has 0 saturated carbocycles. The number of aliphatic hydroxyl groups is 1. The monoisotopic (exact) mass is 295 g/mol. The van der Waals surface area contributed by atoms with Crippen molar-refractivity contribution in [2.75, 3.05) is 20.3 Å². The molecule has 2 heterocycles. The number of aliphatic hydroxyl groups excluding tert-OH is 1. The van der Waals surface area contributed by atoms with Crippen LogP contribution in [0.1, 0.15) is 12.0 Å². The molecule has 5 nitrogen and oxygen atoms in total. The van der Waals surface area contributed by atoms with Gasteiger partial charge in [0, 0.05) is 32.5 Å². The largest absolute Gasteiger partial charge is 0.391 e. The molecule has 0 aliphatic heterocycles. The molecule has 0 saturated heterocycles. The normalized spacial score (nSPS) is 12.8. The van der Waals surface area contributed by atoms with E-state index < -0.39 is 6.10 Å². The lowest BCUT2D eigenvalue weighted by Gasteiger charge is -2.09. The number of thiophene rings is 1. The summed E-state index contributed by atoms with van der Waals surface area (Å²) in [6, 6.07) is 4.12. The molecule has 0 radical (unpaired) electrons. The van der Waals surface area contributed by atoms with E-state index in [9.17, 15) is 5.11 Å². The maximum atomic E-state index is 9.58. The van der Waals surface area contributed by atoms with Crippen LogP contribution in [0.15, 0.2) is 23.7 Å². The summed E-state index contributed by atoms with van der Waals surface area (Å²) in [7, 11) is 3.53. The van der Waals surface area contributed by atoms with E-state index in [-0.39, 0.29) is 0 Å². The van der Waals surface area contributed by atoms with E-state index in [4.69, 9.17) is 4.74 Å². The first-order valence-corrected chi connectivity index (χ1v) is 7.52. The Balaban J connectivity index is 1.87. The molecule has 6 heteroatoms. The molecule has 1 unspecified atom stereocenters. The molecule has 1 atom stereocenters. The Kier molecular flexibility index (Phi) is 5.72. The molecule has 20 heavy (non-hydrogen) atoms. The third kappa shape index (κ3) is 4.14. The second kappa shape index (κ2) is 7.54. The number of rotatable bonds is 8. The molecule has 110 valence electrons. The number of aryl methyl sites for hydroxylation is 1. The highest BCUT2D eigenvalue weighted by atomic mass is 32.1. The van der Waals surface area contributed by atoms with Gasteiger partial charge in [-0.05, 0) is 24.4 Å². The molecule has 0 fully saturated rings. The zero-order valence-corrected chi connectivity index (χ0v) is 12.7. The van der Waals surface area contributed by atoms with Gasteiger partial charge in [0.05, 0.1) is 17.6 Å². The van der Waals surface area contributed by atoms with Crippen molar-refractivity contribution in [1.82, 2.24) is 15.1 Å². The molecular weight excluding hydrogens is 274 g/mol. The Labute approximate surface area is 123 Å². The first-order chi connectivity index (χ1) is 9.70. The van der Waals surface area contributed by atoms with Crippen molar-refractivity contribution in [2.24, 2.45) is 7.05 Å². The minimum absolute atomic E-state index is 0.384. The zero-order valence-electron chi connectivity index (χ0n) is 11.9. The van der Waals surface area contributed by atoms with Gasteiger partial charge in [-0.15, -0.1) is 11.3 Å². The van der Waals surface area contributed by atoms with Gasteiger partial charge in [0.2, 0.25) is 0 Å². The standard InChI is InChI=1S/C14H21N3O2S/c1-17-9-11(8-15-6-5-12(18)10-19-2)14(16-17)13-4-3-7-20-13/h3-4,7,9,12,15,18H,5-6,8,10H2,1-2H3. The van der Waals surface area contributed by atoms with E-state index in [1.165, 1.54) is 10.4 Å². The number of aromatic nitrogens is 2. The topological polar surface area (TPSA) is 59.3 Å². The molecule has 2 aromatic rings. The van der Waals surface area contributed by atoms with Gasteiger partial charge in [-0.3, -0.25) is 4.68 Å². The van der Waals surface area contributed by atoms with Crippen LogP contribution in [0.2, 0.25) is 0 Å². The minimum Gasteiger partial charge on any atom is -0.391 e. The van der Waals surface area contributed by atoms with Crippen molar-refractivity contribution < 1.29 is 9.84 Å². The summed E-state index contributed by atoms with van der Waals surface area (Å²) in [5, 5.41) is 19.5. The molecule has 2 aromatic heterocycles. The van der Waals surface area contributed by atoms with Gasteiger partial charge in [0.25, 0.3) is 0 Å². The number of nitrogens with one attached hydrogen (secondary N) is 1. The maximum absolute atomic E-state index is 9.58. The van der Waals surface area contributed by atoms with Gasteiger partial charge < -0.3 is 15.2 Å². The molecule has 2 rings (SSSR count). The summed E-state index contributed by atoms with van der Waals surface area (Å²) in [5.74, 6) is 0. The van der Waals surface area contributed by atoms with Gasteiger partial charge in [-0.1, -0.05) is 6.07 Å². The Morgan fingerprint density at radius 2 is 2.40 bits per heavy atom.